The van der Waals surface area contributed by atoms with Crippen molar-refractivity contribution >= 4 is 33.2 Å². The van der Waals surface area contributed by atoms with Crippen molar-refractivity contribution in [3.63, 3.8) is 0 Å². The van der Waals surface area contributed by atoms with Gasteiger partial charge in [0.05, 0.1) is 18.6 Å². The molecular weight excluding hydrogens is 400 g/mol. The van der Waals surface area contributed by atoms with Crippen LogP contribution in [0, 0.1) is 5.92 Å². The van der Waals surface area contributed by atoms with Crippen LogP contribution in [0.4, 0.5) is 5.69 Å². The normalized spacial score (nSPS) is 15.9. The van der Waals surface area contributed by atoms with Crippen molar-refractivity contribution in [2.75, 3.05) is 25.5 Å². The van der Waals surface area contributed by atoms with Gasteiger partial charge in [-0.15, -0.1) is 0 Å². The molecule has 0 aliphatic carbocycles. The summed E-state index contributed by atoms with van der Waals surface area (Å²) in [4.78, 5) is 12.6. The molecule has 0 bridgehead atoms. The van der Waals surface area contributed by atoms with Crippen LogP contribution in [0.2, 0.25) is 5.02 Å². The second-order valence-corrected chi connectivity index (χ2v) is 9.15. The molecule has 1 fully saturated rings. The van der Waals surface area contributed by atoms with E-state index in [4.69, 9.17) is 16.3 Å². The molecule has 150 valence electrons. The Hall–Kier alpha value is -2.09. The molecule has 1 aliphatic rings. The lowest BCUT2D eigenvalue weighted by atomic mass is 9.97. The SMILES string of the molecule is COc1ccc(Cl)cc1NC(=O)C1CCN(S(=O)(=O)Cc2ccccc2)CC1. The van der Waals surface area contributed by atoms with Crippen LogP contribution >= 0.6 is 11.6 Å². The Balaban J connectivity index is 1.59. The molecule has 0 unspecified atom stereocenters. The van der Waals surface area contributed by atoms with Crippen LogP contribution in [0.1, 0.15) is 18.4 Å². The Morgan fingerprint density at radius 3 is 2.50 bits per heavy atom. The molecule has 2 aromatic carbocycles. The lowest BCUT2D eigenvalue weighted by Gasteiger charge is -2.30. The number of carbonyl (C=O) groups is 1. The van der Waals surface area contributed by atoms with Crippen LogP contribution in [0.3, 0.4) is 0 Å². The number of carbonyl (C=O) groups excluding carboxylic acids is 1. The van der Waals surface area contributed by atoms with E-state index in [0.29, 0.717) is 42.4 Å². The van der Waals surface area contributed by atoms with Gasteiger partial charge in [-0.25, -0.2) is 12.7 Å². The van der Waals surface area contributed by atoms with Gasteiger partial charge in [0.15, 0.2) is 0 Å². The average molecular weight is 423 g/mol. The molecule has 0 aromatic heterocycles. The topological polar surface area (TPSA) is 75.7 Å². The van der Waals surface area contributed by atoms with Crippen LogP contribution in [-0.2, 0) is 20.6 Å². The van der Waals surface area contributed by atoms with E-state index in [1.165, 1.54) is 11.4 Å². The first-order chi connectivity index (χ1) is 13.4. The number of halogens is 1. The van der Waals surface area contributed by atoms with Crippen molar-refractivity contribution in [3.05, 3.63) is 59.1 Å². The van der Waals surface area contributed by atoms with Crippen molar-refractivity contribution in [1.82, 2.24) is 4.31 Å². The number of amides is 1. The summed E-state index contributed by atoms with van der Waals surface area (Å²) in [6, 6.07) is 14.1. The van der Waals surface area contributed by atoms with Gasteiger partial charge >= 0.3 is 0 Å². The van der Waals surface area contributed by atoms with Gasteiger partial charge in [0.1, 0.15) is 5.75 Å². The summed E-state index contributed by atoms with van der Waals surface area (Å²) in [5.74, 6) is 0.0953. The number of rotatable bonds is 6. The number of nitrogens with zero attached hydrogens (tertiary/aromatic N) is 1. The zero-order valence-corrected chi connectivity index (χ0v) is 17.2. The molecule has 1 N–H and O–H groups in total. The molecule has 0 spiro atoms. The number of piperidine rings is 1. The molecule has 3 rings (SSSR count). The first kappa shape index (κ1) is 20.6. The van der Waals surface area contributed by atoms with Crippen LogP contribution in [0.5, 0.6) is 5.75 Å². The Bertz CT molecular complexity index is 926. The number of hydrogen-bond donors (Lipinski definition) is 1. The summed E-state index contributed by atoms with van der Waals surface area (Å²) in [5, 5.41) is 3.35. The quantitative estimate of drug-likeness (QED) is 0.772. The van der Waals surface area contributed by atoms with Crippen LogP contribution in [-0.4, -0.2) is 38.8 Å². The predicted molar refractivity (Wildman–Crippen MR) is 110 cm³/mol. The second kappa shape index (κ2) is 8.94. The Morgan fingerprint density at radius 2 is 1.86 bits per heavy atom. The highest BCUT2D eigenvalue weighted by Gasteiger charge is 2.31. The number of hydrogen-bond acceptors (Lipinski definition) is 4. The summed E-state index contributed by atoms with van der Waals surface area (Å²) in [6.07, 6.45) is 0.950. The minimum absolute atomic E-state index is 0.0234. The zero-order valence-electron chi connectivity index (χ0n) is 15.6. The van der Waals surface area contributed by atoms with Gasteiger partial charge in [-0.05, 0) is 36.6 Å². The number of methoxy groups -OCH3 is 1. The molecule has 1 heterocycles. The van der Waals surface area contributed by atoms with Gasteiger partial charge in [0, 0.05) is 24.0 Å². The molecule has 6 nitrogen and oxygen atoms in total. The van der Waals surface area contributed by atoms with Crippen LogP contribution in [0.15, 0.2) is 48.5 Å². The molecule has 0 radical (unpaired) electrons. The molecule has 1 aliphatic heterocycles. The third-order valence-corrected chi connectivity index (χ3v) is 6.91. The maximum Gasteiger partial charge on any atom is 0.227 e. The molecule has 0 atom stereocenters. The molecule has 2 aromatic rings. The minimum Gasteiger partial charge on any atom is -0.495 e. The van der Waals surface area contributed by atoms with Gasteiger partial charge in [-0.3, -0.25) is 4.79 Å². The number of sulfonamides is 1. The highest BCUT2D eigenvalue weighted by Crippen LogP contribution is 2.29. The minimum atomic E-state index is -3.40. The Morgan fingerprint density at radius 1 is 1.18 bits per heavy atom. The summed E-state index contributed by atoms with van der Waals surface area (Å²) in [6.45, 7) is 0.667. The van der Waals surface area contributed by atoms with Crippen LogP contribution < -0.4 is 10.1 Å². The van der Waals surface area contributed by atoms with E-state index in [1.54, 1.807) is 30.3 Å². The number of benzene rings is 2. The largest absolute Gasteiger partial charge is 0.495 e. The third-order valence-electron chi connectivity index (χ3n) is 4.83. The maximum atomic E-state index is 12.6. The van der Waals surface area contributed by atoms with E-state index < -0.39 is 10.0 Å². The molecule has 8 heteroatoms. The number of nitrogens with one attached hydrogen (secondary N) is 1. The first-order valence-electron chi connectivity index (χ1n) is 9.05. The summed E-state index contributed by atoms with van der Waals surface area (Å²) < 4.78 is 32.0. The van der Waals surface area contributed by atoms with Crippen molar-refractivity contribution in [3.8, 4) is 5.75 Å². The highest BCUT2D eigenvalue weighted by molar-refractivity contribution is 7.88. The van der Waals surface area contributed by atoms with E-state index in [2.05, 4.69) is 5.32 Å². The molecule has 1 saturated heterocycles. The van der Waals surface area contributed by atoms with Crippen LogP contribution in [0.25, 0.3) is 0 Å². The molecular formula is C20H23ClN2O4S. The Labute approximate surface area is 170 Å². The van der Waals surface area contributed by atoms with E-state index in [9.17, 15) is 13.2 Å². The standard InChI is InChI=1S/C20H23ClN2O4S/c1-27-19-8-7-17(21)13-18(19)22-20(24)16-9-11-23(12-10-16)28(25,26)14-15-5-3-2-4-6-15/h2-8,13,16H,9-12,14H2,1H3,(H,22,24). The fourth-order valence-electron chi connectivity index (χ4n) is 3.28. The lowest BCUT2D eigenvalue weighted by molar-refractivity contribution is -0.120. The third kappa shape index (κ3) is 5.04. The van der Waals surface area contributed by atoms with E-state index >= 15 is 0 Å². The number of anilines is 1. The maximum absolute atomic E-state index is 12.6. The van der Waals surface area contributed by atoms with E-state index in [-0.39, 0.29) is 17.6 Å². The molecule has 0 saturated carbocycles. The fourth-order valence-corrected chi connectivity index (χ4v) is 5.02. The second-order valence-electron chi connectivity index (χ2n) is 6.75. The molecule has 28 heavy (non-hydrogen) atoms. The lowest BCUT2D eigenvalue weighted by Crippen LogP contribution is -2.41. The monoisotopic (exact) mass is 422 g/mol. The summed E-state index contributed by atoms with van der Waals surface area (Å²) >= 11 is 6.00. The fraction of sp³-hybridized carbons (Fsp3) is 0.350. The van der Waals surface area contributed by atoms with Crippen molar-refractivity contribution in [1.29, 1.82) is 0 Å². The van der Waals surface area contributed by atoms with Crippen molar-refractivity contribution in [2.45, 2.75) is 18.6 Å². The zero-order chi connectivity index (χ0) is 20.1. The highest BCUT2D eigenvalue weighted by atomic mass is 35.5. The number of ether oxygens (including phenoxy) is 1. The molecule has 1 amide bonds. The smallest absolute Gasteiger partial charge is 0.227 e. The van der Waals surface area contributed by atoms with E-state index in [1.807, 2.05) is 18.2 Å². The summed E-state index contributed by atoms with van der Waals surface area (Å²) in [7, 11) is -1.87. The van der Waals surface area contributed by atoms with Gasteiger partial charge in [0.2, 0.25) is 15.9 Å². The average Bonchev–Trinajstić information content (AvgIpc) is 2.69. The summed E-state index contributed by atoms with van der Waals surface area (Å²) in [5.41, 5.74) is 1.27. The van der Waals surface area contributed by atoms with Crippen molar-refractivity contribution in [2.24, 2.45) is 5.92 Å². The van der Waals surface area contributed by atoms with Gasteiger partial charge < -0.3 is 10.1 Å². The predicted octanol–water partition coefficient (Wildman–Crippen LogP) is 3.53. The van der Waals surface area contributed by atoms with Gasteiger partial charge in [-0.1, -0.05) is 41.9 Å². The Kier molecular flexibility index (Phi) is 6.59. The van der Waals surface area contributed by atoms with Crippen molar-refractivity contribution < 1.29 is 17.9 Å². The first-order valence-corrected chi connectivity index (χ1v) is 11.0. The van der Waals surface area contributed by atoms with E-state index in [0.717, 1.165) is 5.56 Å². The van der Waals surface area contributed by atoms with Gasteiger partial charge in [0.25, 0.3) is 0 Å². The van der Waals surface area contributed by atoms with Gasteiger partial charge in [-0.2, -0.15) is 0 Å².